The van der Waals surface area contributed by atoms with Crippen LogP contribution in [0.15, 0.2) is 223 Å². The van der Waals surface area contributed by atoms with Crippen LogP contribution in [0.1, 0.15) is 0 Å². The molecule has 0 fully saturated rings. The molecule has 0 atom stereocenters. The third-order valence-electron chi connectivity index (χ3n) is 11.9. The summed E-state index contributed by atoms with van der Waals surface area (Å²) in [6.45, 7) is 0. The lowest BCUT2D eigenvalue weighted by Gasteiger charge is -2.16. The smallest absolute Gasteiger partial charge is 0.166 e. The maximum Gasteiger partial charge on any atom is 0.166 e. The average molecular weight is 793 g/mol. The molecule has 290 valence electrons. The monoisotopic (exact) mass is 792 g/mol. The number of rotatable bonds is 7. The predicted molar refractivity (Wildman–Crippen MR) is 254 cm³/mol. The molecule has 0 aliphatic rings. The lowest BCUT2D eigenvalue weighted by molar-refractivity contribution is 0.669. The summed E-state index contributed by atoms with van der Waals surface area (Å²) in [5.41, 5.74) is 14.3. The Bertz CT molecular complexity index is 3460. The summed E-state index contributed by atoms with van der Waals surface area (Å²) in [7, 11) is 0. The van der Waals surface area contributed by atoms with Crippen LogP contribution < -0.4 is 0 Å². The van der Waals surface area contributed by atoms with E-state index in [4.69, 9.17) is 19.4 Å². The van der Waals surface area contributed by atoms with Gasteiger partial charge < -0.3 is 8.98 Å². The van der Waals surface area contributed by atoms with E-state index in [9.17, 15) is 0 Å². The summed E-state index contributed by atoms with van der Waals surface area (Å²) in [5.74, 6) is 1.80. The van der Waals surface area contributed by atoms with Gasteiger partial charge in [0.2, 0.25) is 0 Å². The molecule has 12 aromatic rings. The average Bonchev–Trinajstić information content (AvgIpc) is 3.89. The first-order valence-electron chi connectivity index (χ1n) is 20.8. The van der Waals surface area contributed by atoms with Crippen LogP contribution in [0.2, 0.25) is 0 Å². The van der Waals surface area contributed by atoms with E-state index >= 15 is 0 Å². The van der Waals surface area contributed by atoms with Crippen molar-refractivity contribution in [1.29, 1.82) is 0 Å². The van der Waals surface area contributed by atoms with Crippen LogP contribution in [0.4, 0.5) is 0 Å². The normalized spacial score (nSPS) is 11.5. The highest BCUT2D eigenvalue weighted by molar-refractivity contribution is 6.12. The fourth-order valence-corrected chi connectivity index (χ4v) is 8.83. The second kappa shape index (κ2) is 14.7. The lowest BCUT2D eigenvalue weighted by Crippen LogP contribution is -2.04. The van der Waals surface area contributed by atoms with Gasteiger partial charge in [0, 0.05) is 38.2 Å². The van der Waals surface area contributed by atoms with Crippen LogP contribution in [-0.2, 0) is 0 Å². The quantitative estimate of drug-likeness (QED) is 0.161. The van der Waals surface area contributed by atoms with Crippen molar-refractivity contribution in [3.63, 3.8) is 0 Å². The molecular formula is C57H36N4O. The molecule has 0 unspecified atom stereocenters. The molecule has 3 aromatic heterocycles. The first-order chi connectivity index (χ1) is 30.7. The Morgan fingerprint density at radius 1 is 0.290 bits per heavy atom. The lowest BCUT2D eigenvalue weighted by atomic mass is 9.99. The third-order valence-corrected chi connectivity index (χ3v) is 11.9. The maximum absolute atomic E-state index is 6.38. The fourth-order valence-electron chi connectivity index (χ4n) is 8.83. The second-order valence-electron chi connectivity index (χ2n) is 15.6. The molecule has 12 rings (SSSR count). The molecule has 0 saturated carbocycles. The van der Waals surface area contributed by atoms with Crippen molar-refractivity contribution in [2.24, 2.45) is 0 Å². The van der Waals surface area contributed by atoms with E-state index in [0.717, 1.165) is 88.4 Å². The van der Waals surface area contributed by atoms with Crippen molar-refractivity contribution >= 4 is 43.7 Å². The third kappa shape index (κ3) is 6.14. The van der Waals surface area contributed by atoms with Gasteiger partial charge in [-0.1, -0.05) is 164 Å². The van der Waals surface area contributed by atoms with Crippen LogP contribution in [0, 0.1) is 0 Å². The minimum atomic E-state index is 0.580. The van der Waals surface area contributed by atoms with Crippen molar-refractivity contribution in [2.75, 3.05) is 0 Å². The molecule has 0 bridgehead atoms. The number of furan rings is 1. The number of benzene rings is 9. The number of hydrogen-bond donors (Lipinski definition) is 0. The van der Waals surface area contributed by atoms with E-state index in [0.29, 0.717) is 17.5 Å². The van der Waals surface area contributed by atoms with Crippen molar-refractivity contribution in [2.45, 2.75) is 0 Å². The van der Waals surface area contributed by atoms with Gasteiger partial charge in [0.1, 0.15) is 11.2 Å². The largest absolute Gasteiger partial charge is 0.456 e. The van der Waals surface area contributed by atoms with Crippen molar-refractivity contribution in [1.82, 2.24) is 19.5 Å². The van der Waals surface area contributed by atoms with Gasteiger partial charge in [-0.15, -0.1) is 0 Å². The van der Waals surface area contributed by atoms with Crippen molar-refractivity contribution in [3.8, 4) is 73.2 Å². The van der Waals surface area contributed by atoms with E-state index in [-0.39, 0.29) is 0 Å². The van der Waals surface area contributed by atoms with E-state index in [1.807, 2.05) is 48.5 Å². The Kier molecular flexibility index (Phi) is 8.42. The van der Waals surface area contributed by atoms with Gasteiger partial charge in [-0.05, 0) is 88.0 Å². The minimum Gasteiger partial charge on any atom is -0.456 e. The Morgan fingerprint density at radius 3 is 1.31 bits per heavy atom. The van der Waals surface area contributed by atoms with E-state index in [2.05, 4.69) is 174 Å². The standard InChI is InChI=1S/C57H36N4O/c1-5-15-37(16-6-1)41-26-30-50-47(33-41)48-34-42(38-17-7-2-8-18-38)27-31-51(48)61(50)52-32-28-43(44-25-29-46-45-23-13-14-24-53(45)62-54(46)36-44)35-49(52)57-59-55(39-19-9-3-10-20-39)58-56(60-57)40-21-11-4-12-22-40/h1-36H. The van der Waals surface area contributed by atoms with Gasteiger partial charge in [0.25, 0.3) is 0 Å². The topological polar surface area (TPSA) is 56.7 Å². The summed E-state index contributed by atoms with van der Waals surface area (Å²) in [4.78, 5) is 15.7. The van der Waals surface area contributed by atoms with Gasteiger partial charge in [-0.3, -0.25) is 0 Å². The van der Waals surface area contributed by atoms with Crippen LogP contribution in [0.3, 0.4) is 0 Å². The highest BCUT2D eigenvalue weighted by atomic mass is 16.3. The number of fused-ring (bicyclic) bond motifs is 6. The summed E-state index contributed by atoms with van der Waals surface area (Å²) >= 11 is 0. The Morgan fingerprint density at radius 2 is 0.726 bits per heavy atom. The minimum absolute atomic E-state index is 0.580. The highest BCUT2D eigenvalue weighted by Gasteiger charge is 2.22. The van der Waals surface area contributed by atoms with Gasteiger partial charge in [0.05, 0.1) is 16.7 Å². The number of aromatic nitrogens is 4. The Balaban J connectivity index is 1.14. The molecule has 5 nitrogen and oxygen atoms in total. The number of nitrogens with zero attached hydrogens (tertiary/aromatic N) is 4. The Hall–Kier alpha value is -8.41. The van der Waals surface area contributed by atoms with Gasteiger partial charge in [0.15, 0.2) is 17.5 Å². The maximum atomic E-state index is 6.38. The molecule has 62 heavy (non-hydrogen) atoms. The molecular weight excluding hydrogens is 757 g/mol. The summed E-state index contributed by atoms with van der Waals surface area (Å²) < 4.78 is 8.76. The van der Waals surface area contributed by atoms with Crippen LogP contribution in [-0.4, -0.2) is 19.5 Å². The first-order valence-corrected chi connectivity index (χ1v) is 20.8. The fraction of sp³-hybridized carbons (Fsp3) is 0. The first kappa shape index (κ1) is 35.5. The molecule has 0 amide bonds. The number of para-hydroxylation sites is 1. The molecule has 0 radical (unpaired) electrons. The summed E-state index contributed by atoms with van der Waals surface area (Å²) in [6.07, 6.45) is 0. The van der Waals surface area contributed by atoms with Gasteiger partial charge >= 0.3 is 0 Å². The van der Waals surface area contributed by atoms with Crippen LogP contribution in [0.25, 0.3) is 117 Å². The zero-order valence-corrected chi connectivity index (χ0v) is 33.5. The SMILES string of the molecule is c1ccc(-c2ccc3c(c2)c2cc(-c4ccccc4)ccc2n3-c2ccc(-c3ccc4c(c3)oc3ccccc34)cc2-c2nc(-c3ccccc3)nc(-c3ccccc3)n2)cc1. The van der Waals surface area contributed by atoms with Crippen LogP contribution >= 0.6 is 0 Å². The highest BCUT2D eigenvalue weighted by Crippen LogP contribution is 2.41. The molecule has 0 aliphatic heterocycles. The molecule has 9 aromatic carbocycles. The molecule has 0 N–H and O–H groups in total. The molecule has 0 spiro atoms. The Labute approximate surface area is 357 Å². The summed E-state index contributed by atoms with van der Waals surface area (Å²) in [5, 5.41) is 4.52. The van der Waals surface area contributed by atoms with Gasteiger partial charge in [-0.2, -0.15) is 0 Å². The molecule has 5 heteroatoms. The number of hydrogen-bond acceptors (Lipinski definition) is 4. The second-order valence-corrected chi connectivity index (χ2v) is 15.6. The van der Waals surface area contributed by atoms with E-state index < -0.39 is 0 Å². The zero-order valence-electron chi connectivity index (χ0n) is 33.5. The summed E-state index contributed by atoms with van der Waals surface area (Å²) in [6, 6.07) is 76.5. The van der Waals surface area contributed by atoms with Crippen molar-refractivity contribution in [3.05, 3.63) is 218 Å². The van der Waals surface area contributed by atoms with Crippen molar-refractivity contribution < 1.29 is 4.42 Å². The molecule has 3 heterocycles. The van der Waals surface area contributed by atoms with E-state index in [1.54, 1.807) is 0 Å². The van der Waals surface area contributed by atoms with E-state index in [1.165, 1.54) is 11.1 Å². The predicted octanol–water partition coefficient (Wildman–Crippen LogP) is 14.9. The molecule has 0 saturated heterocycles. The zero-order chi connectivity index (χ0) is 41.0. The molecule has 0 aliphatic carbocycles. The van der Waals surface area contributed by atoms with Crippen LogP contribution in [0.5, 0.6) is 0 Å². The van der Waals surface area contributed by atoms with Gasteiger partial charge in [-0.25, -0.2) is 15.0 Å².